The standard InChI is InChI=1S/C17H18N4OS/c1-21-10-13-3-2-11(6-14(13)20-21)8-19-17(22)15-7-12-4-5-18-9-16(12)23-15/h2-3,6-7,10,18H,4-5,8-9H2,1H3,(H,19,22). The van der Waals surface area contributed by atoms with Crippen LogP contribution in [0.3, 0.4) is 0 Å². The highest BCUT2D eigenvalue weighted by molar-refractivity contribution is 7.14. The van der Waals surface area contributed by atoms with E-state index in [2.05, 4.69) is 15.7 Å². The molecule has 0 spiro atoms. The molecule has 4 rings (SSSR count). The normalized spacial score (nSPS) is 14.0. The largest absolute Gasteiger partial charge is 0.347 e. The van der Waals surface area contributed by atoms with Crippen molar-refractivity contribution in [3.05, 3.63) is 51.3 Å². The molecular weight excluding hydrogens is 308 g/mol. The summed E-state index contributed by atoms with van der Waals surface area (Å²) in [5.74, 6) is 0.00511. The maximum absolute atomic E-state index is 12.4. The van der Waals surface area contributed by atoms with Crippen molar-refractivity contribution >= 4 is 28.1 Å². The lowest BCUT2D eigenvalue weighted by Gasteiger charge is -2.10. The Hall–Kier alpha value is -2.18. The molecule has 1 aliphatic rings. The summed E-state index contributed by atoms with van der Waals surface area (Å²) in [4.78, 5) is 14.5. The van der Waals surface area contributed by atoms with Crippen molar-refractivity contribution in [1.82, 2.24) is 20.4 Å². The Kier molecular flexibility index (Phi) is 3.63. The fourth-order valence-corrected chi connectivity index (χ4v) is 4.03. The van der Waals surface area contributed by atoms with Crippen LogP contribution in [0.5, 0.6) is 0 Å². The van der Waals surface area contributed by atoms with E-state index >= 15 is 0 Å². The zero-order valence-corrected chi connectivity index (χ0v) is 13.7. The summed E-state index contributed by atoms with van der Waals surface area (Å²) in [5.41, 5.74) is 3.33. The molecule has 3 heterocycles. The lowest BCUT2D eigenvalue weighted by Crippen LogP contribution is -2.21. The molecule has 0 saturated heterocycles. The number of rotatable bonds is 3. The molecule has 0 bridgehead atoms. The maximum atomic E-state index is 12.4. The highest BCUT2D eigenvalue weighted by Crippen LogP contribution is 2.25. The molecule has 5 nitrogen and oxygen atoms in total. The van der Waals surface area contributed by atoms with Crippen LogP contribution in [0.1, 0.15) is 25.7 Å². The molecule has 0 fully saturated rings. The molecule has 2 N–H and O–H groups in total. The number of carbonyl (C=O) groups excluding carboxylic acids is 1. The van der Waals surface area contributed by atoms with Crippen LogP contribution in [0.2, 0.25) is 0 Å². The third-order valence-corrected chi connectivity index (χ3v) is 5.29. The monoisotopic (exact) mass is 326 g/mol. The molecule has 0 atom stereocenters. The van der Waals surface area contributed by atoms with E-state index in [0.717, 1.165) is 40.9 Å². The predicted octanol–water partition coefficient (Wildman–Crippen LogP) is 2.21. The van der Waals surface area contributed by atoms with Crippen LogP contribution >= 0.6 is 11.3 Å². The number of hydrogen-bond acceptors (Lipinski definition) is 4. The van der Waals surface area contributed by atoms with Crippen LogP contribution in [-0.4, -0.2) is 22.2 Å². The van der Waals surface area contributed by atoms with Crippen molar-refractivity contribution in [2.45, 2.75) is 19.5 Å². The molecular formula is C17H18N4OS. The molecule has 0 saturated carbocycles. The van der Waals surface area contributed by atoms with E-state index in [-0.39, 0.29) is 5.91 Å². The lowest BCUT2D eigenvalue weighted by molar-refractivity contribution is 0.0955. The summed E-state index contributed by atoms with van der Waals surface area (Å²) in [7, 11) is 1.91. The molecule has 23 heavy (non-hydrogen) atoms. The first-order valence-electron chi connectivity index (χ1n) is 7.72. The van der Waals surface area contributed by atoms with Gasteiger partial charge in [-0.05, 0) is 36.2 Å². The Morgan fingerprint density at radius 3 is 3.22 bits per heavy atom. The first-order valence-corrected chi connectivity index (χ1v) is 8.53. The molecule has 6 heteroatoms. The Balaban J connectivity index is 1.46. The Morgan fingerprint density at radius 2 is 2.35 bits per heavy atom. The third kappa shape index (κ3) is 2.87. The van der Waals surface area contributed by atoms with Gasteiger partial charge >= 0.3 is 0 Å². The number of aromatic nitrogens is 2. The smallest absolute Gasteiger partial charge is 0.261 e. The second kappa shape index (κ2) is 5.79. The number of hydrogen-bond donors (Lipinski definition) is 2. The Morgan fingerprint density at radius 1 is 1.43 bits per heavy atom. The zero-order valence-electron chi connectivity index (χ0n) is 12.9. The summed E-state index contributed by atoms with van der Waals surface area (Å²) in [6.07, 6.45) is 3.00. The van der Waals surface area contributed by atoms with Gasteiger partial charge in [-0.1, -0.05) is 12.1 Å². The Bertz CT molecular complexity index is 856. The molecule has 0 radical (unpaired) electrons. The molecule has 2 aromatic heterocycles. The average Bonchev–Trinajstić information content (AvgIpc) is 3.14. The van der Waals surface area contributed by atoms with Crippen molar-refractivity contribution < 1.29 is 4.79 Å². The van der Waals surface area contributed by atoms with E-state index in [1.807, 2.05) is 37.5 Å². The predicted molar refractivity (Wildman–Crippen MR) is 91.6 cm³/mol. The summed E-state index contributed by atoms with van der Waals surface area (Å²) in [6.45, 7) is 2.39. The van der Waals surface area contributed by atoms with Crippen LogP contribution in [-0.2, 0) is 26.6 Å². The number of fused-ring (bicyclic) bond motifs is 2. The lowest BCUT2D eigenvalue weighted by atomic mass is 10.1. The zero-order chi connectivity index (χ0) is 15.8. The second-order valence-electron chi connectivity index (χ2n) is 5.86. The molecule has 1 aromatic carbocycles. The van der Waals surface area contributed by atoms with Crippen molar-refractivity contribution in [2.24, 2.45) is 7.05 Å². The van der Waals surface area contributed by atoms with E-state index < -0.39 is 0 Å². The number of thiophene rings is 1. The molecule has 1 aliphatic heterocycles. The van der Waals surface area contributed by atoms with Crippen LogP contribution < -0.4 is 10.6 Å². The highest BCUT2D eigenvalue weighted by Gasteiger charge is 2.16. The van der Waals surface area contributed by atoms with Gasteiger partial charge in [-0.25, -0.2) is 0 Å². The second-order valence-corrected chi connectivity index (χ2v) is 7.00. The van der Waals surface area contributed by atoms with Crippen LogP contribution in [0, 0.1) is 0 Å². The van der Waals surface area contributed by atoms with Crippen molar-refractivity contribution in [3.63, 3.8) is 0 Å². The van der Waals surface area contributed by atoms with Crippen LogP contribution in [0.4, 0.5) is 0 Å². The average molecular weight is 326 g/mol. The first kappa shape index (κ1) is 14.4. The molecule has 1 amide bonds. The fourth-order valence-electron chi connectivity index (χ4n) is 2.93. The van der Waals surface area contributed by atoms with Gasteiger partial charge in [-0.2, -0.15) is 5.10 Å². The maximum Gasteiger partial charge on any atom is 0.261 e. The van der Waals surface area contributed by atoms with Gasteiger partial charge in [0.15, 0.2) is 0 Å². The highest BCUT2D eigenvalue weighted by atomic mass is 32.1. The van der Waals surface area contributed by atoms with E-state index in [1.165, 1.54) is 10.4 Å². The van der Waals surface area contributed by atoms with E-state index in [4.69, 9.17) is 0 Å². The number of aryl methyl sites for hydroxylation is 1. The summed E-state index contributed by atoms with van der Waals surface area (Å²) < 4.78 is 1.80. The summed E-state index contributed by atoms with van der Waals surface area (Å²) in [6, 6.07) is 8.14. The topological polar surface area (TPSA) is 59.0 Å². The molecule has 3 aromatic rings. The number of amides is 1. The minimum Gasteiger partial charge on any atom is -0.347 e. The van der Waals surface area contributed by atoms with Gasteiger partial charge in [-0.3, -0.25) is 9.48 Å². The van der Waals surface area contributed by atoms with Gasteiger partial charge < -0.3 is 10.6 Å². The number of nitrogens with one attached hydrogen (secondary N) is 2. The number of carbonyl (C=O) groups is 1. The minimum atomic E-state index is 0.00511. The van der Waals surface area contributed by atoms with Crippen molar-refractivity contribution in [3.8, 4) is 0 Å². The van der Waals surface area contributed by atoms with Gasteiger partial charge in [0.2, 0.25) is 0 Å². The fraction of sp³-hybridized carbons (Fsp3) is 0.294. The van der Waals surface area contributed by atoms with Gasteiger partial charge in [0.1, 0.15) is 0 Å². The van der Waals surface area contributed by atoms with Crippen molar-refractivity contribution in [1.29, 1.82) is 0 Å². The first-order chi connectivity index (χ1) is 11.2. The van der Waals surface area contributed by atoms with E-state index in [1.54, 1.807) is 16.0 Å². The van der Waals surface area contributed by atoms with Gasteiger partial charge in [0.05, 0.1) is 10.4 Å². The van der Waals surface area contributed by atoms with E-state index in [0.29, 0.717) is 6.54 Å². The summed E-state index contributed by atoms with van der Waals surface area (Å²) in [5, 5.41) is 11.9. The molecule has 0 aliphatic carbocycles. The quantitative estimate of drug-likeness (QED) is 0.776. The Labute approximate surface area is 138 Å². The van der Waals surface area contributed by atoms with Crippen LogP contribution in [0.25, 0.3) is 10.9 Å². The van der Waals surface area contributed by atoms with Crippen molar-refractivity contribution in [2.75, 3.05) is 6.54 Å². The summed E-state index contributed by atoms with van der Waals surface area (Å²) >= 11 is 1.59. The minimum absolute atomic E-state index is 0.00511. The molecule has 118 valence electrons. The van der Waals surface area contributed by atoms with Crippen LogP contribution in [0.15, 0.2) is 30.5 Å². The van der Waals surface area contributed by atoms with E-state index in [9.17, 15) is 4.79 Å². The van der Waals surface area contributed by atoms with Gasteiger partial charge in [-0.15, -0.1) is 11.3 Å². The van der Waals surface area contributed by atoms with Gasteiger partial charge in [0.25, 0.3) is 5.91 Å². The number of nitrogens with zero attached hydrogens (tertiary/aromatic N) is 2. The third-order valence-electron chi connectivity index (χ3n) is 4.12. The SMILES string of the molecule is Cn1cc2ccc(CNC(=O)c3cc4c(s3)CNCC4)cc2n1. The molecule has 0 unspecified atom stereocenters. The number of benzene rings is 1. The van der Waals surface area contributed by atoms with Gasteiger partial charge in [0, 0.05) is 36.6 Å².